The Hall–Kier alpha value is -1.91. The number of piperidine rings is 1. The Kier molecular flexibility index (Phi) is 4.06. The molecule has 1 fully saturated rings. The third-order valence-corrected chi connectivity index (χ3v) is 3.63. The van der Waals surface area contributed by atoms with Crippen molar-refractivity contribution in [2.24, 2.45) is 0 Å². The molecule has 108 valence electrons. The number of hydrogen-bond donors (Lipinski definition) is 1. The van der Waals surface area contributed by atoms with Crippen LogP contribution in [-0.2, 0) is 9.59 Å². The molecule has 1 atom stereocenters. The molecule has 0 aliphatic carbocycles. The maximum absolute atomic E-state index is 12.0. The Labute approximate surface area is 118 Å². The minimum atomic E-state index is -0.372. The highest BCUT2D eigenvalue weighted by atomic mass is 16.5. The fraction of sp³-hybridized carbons (Fsp3) is 0.533. The van der Waals surface area contributed by atoms with Gasteiger partial charge in [0, 0.05) is 12.0 Å². The number of methoxy groups -OCH3 is 1. The molecule has 2 heterocycles. The normalized spacial score (nSPS) is 19.1. The Morgan fingerprint density at radius 1 is 1.40 bits per heavy atom. The lowest BCUT2D eigenvalue weighted by molar-refractivity contribution is -0.134. The summed E-state index contributed by atoms with van der Waals surface area (Å²) in [5.41, 5.74) is 2.70. The van der Waals surface area contributed by atoms with Crippen LogP contribution < -0.4 is 10.1 Å². The van der Waals surface area contributed by atoms with E-state index in [1.807, 2.05) is 13.0 Å². The number of imide groups is 1. The minimum absolute atomic E-state index is 0.213. The summed E-state index contributed by atoms with van der Waals surface area (Å²) in [6.45, 7) is 6.09. The molecule has 20 heavy (non-hydrogen) atoms. The highest BCUT2D eigenvalue weighted by Gasteiger charge is 2.31. The first-order valence-corrected chi connectivity index (χ1v) is 6.83. The number of nitrogens with zero attached hydrogens (tertiary/aromatic N) is 1. The molecule has 0 aromatic carbocycles. The quantitative estimate of drug-likeness (QED) is 0.858. The van der Waals surface area contributed by atoms with Crippen LogP contribution in [0.2, 0.25) is 0 Å². The Morgan fingerprint density at radius 2 is 2.10 bits per heavy atom. The van der Waals surface area contributed by atoms with Crippen molar-refractivity contribution in [3.63, 3.8) is 0 Å². The largest absolute Gasteiger partial charge is 0.481 e. The van der Waals surface area contributed by atoms with E-state index in [-0.39, 0.29) is 17.7 Å². The van der Waals surface area contributed by atoms with E-state index in [0.29, 0.717) is 30.3 Å². The summed E-state index contributed by atoms with van der Waals surface area (Å²) in [4.78, 5) is 27.7. The topological polar surface area (TPSA) is 68.3 Å². The van der Waals surface area contributed by atoms with Gasteiger partial charge < -0.3 is 4.74 Å². The van der Waals surface area contributed by atoms with Crippen molar-refractivity contribution in [1.29, 1.82) is 0 Å². The van der Waals surface area contributed by atoms with Crippen molar-refractivity contribution in [3.8, 4) is 5.88 Å². The van der Waals surface area contributed by atoms with Crippen LogP contribution in [0.3, 0.4) is 0 Å². The molecule has 1 aliphatic rings. The van der Waals surface area contributed by atoms with Crippen molar-refractivity contribution >= 4 is 11.8 Å². The van der Waals surface area contributed by atoms with Crippen molar-refractivity contribution in [2.45, 2.75) is 45.4 Å². The van der Waals surface area contributed by atoms with E-state index in [1.165, 1.54) is 0 Å². The molecular weight excluding hydrogens is 256 g/mol. The number of pyridine rings is 1. The number of aromatic nitrogens is 1. The van der Waals surface area contributed by atoms with Gasteiger partial charge in [0.15, 0.2) is 0 Å². The molecule has 5 heteroatoms. The lowest BCUT2D eigenvalue weighted by Crippen LogP contribution is -2.40. The molecule has 1 aliphatic heterocycles. The number of aryl methyl sites for hydroxylation is 1. The third-order valence-electron chi connectivity index (χ3n) is 3.63. The van der Waals surface area contributed by atoms with Crippen LogP contribution in [0.5, 0.6) is 5.88 Å². The van der Waals surface area contributed by atoms with Gasteiger partial charge in [-0.1, -0.05) is 13.8 Å². The summed E-state index contributed by atoms with van der Waals surface area (Å²) in [5, 5.41) is 2.37. The van der Waals surface area contributed by atoms with Gasteiger partial charge in [-0.05, 0) is 30.9 Å². The summed E-state index contributed by atoms with van der Waals surface area (Å²) >= 11 is 0. The van der Waals surface area contributed by atoms with E-state index in [4.69, 9.17) is 4.74 Å². The summed E-state index contributed by atoms with van der Waals surface area (Å²) in [6.07, 6.45) is 0.856. The maximum Gasteiger partial charge on any atom is 0.235 e. The fourth-order valence-corrected chi connectivity index (χ4v) is 2.52. The molecule has 0 unspecified atom stereocenters. The summed E-state index contributed by atoms with van der Waals surface area (Å²) < 4.78 is 5.34. The van der Waals surface area contributed by atoms with Gasteiger partial charge in [0.1, 0.15) is 0 Å². The van der Waals surface area contributed by atoms with E-state index >= 15 is 0 Å². The van der Waals surface area contributed by atoms with E-state index in [1.54, 1.807) is 7.11 Å². The highest BCUT2D eigenvalue weighted by molar-refractivity contribution is 6.00. The number of carbonyl (C=O) groups is 2. The minimum Gasteiger partial charge on any atom is -0.481 e. The molecule has 1 aromatic rings. The van der Waals surface area contributed by atoms with Crippen LogP contribution in [0.25, 0.3) is 0 Å². The average Bonchev–Trinajstić information content (AvgIpc) is 2.39. The second-order valence-corrected chi connectivity index (χ2v) is 5.45. The van der Waals surface area contributed by atoms with E-state index in [0.717, 1.165) is 11.1 Å². The number of carbonyl (C=O) groups excluding carboxylic acids is 2. The third kappa shape index (κ3) is 2.66. The average molecular weight is 276 g/mol. The monoisotopic (exact) mass is 276 g/mol. The van der Waals surface area contributed by atoms with Crippen LogP contribution in [0, 0.1) is 6.92 Å². The SMILES string of the molecule is COc1nc([C@H]2CCC(=O)NC2=O)c(C)cc1C(C)C. The molecular formula is C15H20N2O3. The zero-order chi connectivity index (χ0) is 14.9. The summed E-state index contributed by atoms with van der Waals surface area (Å²) in [6, 6.07) is 2.02. The van der Waals surface area contributed by atoms with Crippen LogP contribution in [0.4, 0.5) is 0 Å². The Morgan fingerprint density at radius 3 is 2.65 bits per heavy atom. The standard InChI is InChI=1S/C15H20N2O3/c1-8(2)11-7-9(3)13(17-15(11)20-4)10-5-6-12(18)16-14(10)19/h7-8,10H,5-6H2,1-4H3,(H,16,18,19)/t10-/m1/s1. The van der Waals surface area contributed by atoms with Gasteiger partial charge in [-0.25, -0.2) is 4.98 Å². The first-order valence-electron chi connectivity index (χ1n) is 6.83. The Bertz CT molecular complexity index is 552. The highest BCUT2D eigenvalue weighted by Crippen LogP contribution is 2.32. The Balaban J connectivity index is 2.42. The molecule has 0 spiro atoms. The van der Waals surface area contributed by atoms with Crippen LogP contribution in [-0.4, -0.2) is 23.9 Å². The predicted molar refractivity (Wildman–Crippen MR) is 74.7 cm³/mol. The van der Waals surface area contributed by atoms with Gasteiger partial charge in [0.05, 0.1) is 18.7 Å². The zero-order valence-corrected chi connectivity index (χ0v) is 12.3. The van der Waals surface area contributed by atoms with Crippen molar-refractivity contribution in [2.75, 3.05) is 7.11 Å². The summed E-state index contributed by atoms with van der Waals surface area (Å²) in [5.74, 6) is 0.00550. The van der Waals surface area contributed by atoms with Gasteiger partial charge in [-0.15, -0.1) is 0 Å². The van der Waals surface area contributed by atoms with Gasteiger partial charge in [0.2, 0.25) is 17.7 Å². The van der Waals surface area contributed by atoms with E-state index < -0.39 is 0 Å². The molecule has 1 saturated heterocycles. The number of hydrogen-bond acceptors (Lipinski definition) is 4. The maximum atomic E-state index is 12.0. The number of amides is 2. The number of nitrogens with one attached hydrogen (secondary N) is 1. The van der Waals surface area contributed by atoms with Gasteiger partial charge in [0.25, 0.3) is 0 Å². The second-order valence-electron chi connectivity index (χ2n) is 5.45. The second kappa shape index (κ2) is 5.61. The lowest BCUT2D eigenvalue weighted by Gasteiger charge is -2.23. The van der Waals surface area contributed by atoms with Crippen molar-refractivity contribution in [1.82, 2.24) is 10.3 Å². The number of rotatable bonds is 3. The molecule has 5 nitrogen and oxygen atoms in total. The van der Waals surface area contributed by atoms with E-state index in [9.17, 15) is 9.59 Å². The van der Waals surface area contributed by atoms with Crippen LogP contribution in [0.15, 0.2) is 6.07 Å². The van der Waals surface area contributed by atoms with Gasteiger partial charge >= 0.3 is 0 Å². The smallest absolute Gasteiger partial charge is 0.235 e. The van der Waals surface area contributed by atoms with Crippen LogP contribution in [0.1, 0.15) is 55.3 Å². The van der Waals surface area contributed by atoms with Crippen molar-refractivity contribution < 1.29 is 14.3 Å². The molecule has 2 rings (SSSR count). The summed E-state index contributed by atoms with van der Waals surface area (Å²) in [7, 11) is 1.58. The van der Waals surface area contributed by atoms with Gasteiger partial charge in [-0.2, -0.15) is 0 Å². The zero-order valence-electron chi connectivity index (χ0n) is 12.3. The lowest BCUT2D eigenvalue weighted by atomic mass is 9.90. The molecule has 0 bridgehead atoms. The van der Waals surface area contributed by atoms with Crippen molar-refractivity contribution in [3.05, 3.63) is 22.9 Å². The molecule has 2 amide bonds. The first kappa shape index (κ1) is 14.5. The first-order chi connectivity index (χ1) is 9.43. The molecule has 0 saturated carbocycles. The van der Waals surface area contributed by atoms with Crippen LogP contribution >= 0.6 is 0 Å². The van der Waals surface area contributed by atoms with E-state index in [2.05, 4.69) is 24.1 Å². The molecule has 0 radical (unpaired) electrons. The number of ether oxygens (including phenoxy) is 1. The molecule has 1 aromatic heterocycles. The fourth-order valence-electron chi connectivity index (χ4n) is 2.52. The predicted octanol–water partition coefficient (Wildman–Crippen LogP) is 2.04. The van der Waals surface area contributed by atoms with Gasteiger partial charge in [-0.3, -0.25) is 14.9 Å². The molecule has 1 N–H and O–H groups in total.